The molecule has 4 rings (SSSR count). The number of piperidine rings is 1. The Balaban J connectivity index is 1.50. The van der Waals surface area contributed by atoms with Gasteiger partial charge in [0.1, 0.15) is 5.75 Å². The Hall–Kier alpha value is -3.15. The lowest BCUT2D eigenvalue weighted by Crippen LogP contribution is -2.48. The third-order valence-electron chi connectivity index (χ3n) is 4.70. The van der Waals surface area contributed by atoms with E-state index in [0.717, 1.165) is 30.2 Å². The van der Waals surface area contributed by atoms with Crippen LogP contribution in [0.15, 0.2) is 54.9 Å². The van der Waals surface area contributed by atoms with E-state index in [1.807, 2.05) is 24.3 Å². The van der Waals surface area contributed by atoms with E-state index in [1.54, 1.807) is 30.6 Å². The molecule has 1 saturated heterocycles. The van der Waals surface area contributed by atoms with Gasteiger partial charge in [0.25, 0.3) is 5.91 Å². The summed E-state index contributed by atoms with van der Waals surface area (Å²) in [7, 11) is 0. The standard InChI is InChI=1S/C20H20N4O2/c25-18-12-15-6-2-1-5-14(15)11-17(18)19(26)23-16-7-3-10-24(13-16)20-21-8-4-9-22-20/h1-2,4-6,8-9,11-12,16,25H,3,7,10,13H2,(H,23,26). The fourth-order valence-electron chi connectivity index (χ4n) is 3.40. The normalized spacial score (nSPS) is 17.2. The van der Waals surface area contributed by atoms with Crippen LogP contribution >= 0.6 is 0 Å². The zero-order valence-corrected chi connectivity index (χ0v) is 14.3. The number of phenols is 1. The lowest BCUT2D eigenvalue weighted by Gasteiger charge is -2.33. The van der Waals surface area contributed by atoms with Gasteiger partial charge in [-0.3, -0.25) is 4.79 Å². The minimum Gasteiger partial charge on any atom is -0.507 e. The lowest BCUT2D eigenvalue weighted by molar-refractivity contribution is 0.0930. The van der Waals surface area contributed by atoms with Crippen LogP contribution in [0.3, 0.4) is 0 Å². The number of hydrogen-bond donors (Lipinski definition) is 2. The number of carbonyl (C=O) groups is 1. The molecule has 1 fully saturated rings. The van der Waals surface area contributed by atoms with E-state index in [2.05, 4.69) is 20.2 Å². The summed E-state index contributed by atoms with van der Waals surface area (Å²) >= 11 is 0. The molecule has 26 heavy (non-hydrogen) atoms. The number of hydrogen-bond acceptors (Lipinski definition) is 5. The van der Waals surface area contributed by atoms with Crippen molar-refractivity contribution in [2.75, 3.05) is 18.0 Å². The molecule has 1 amide bonds. The molecular formula is C20H20N4O2. The molecule has 6 heteroatoms. The van der Waals surface area contributed by atoms with Gasteiger partial charge in [-0.05, 0) is 41.8 Å². The molecule has 1 aliphatic heterocycles. The summed E-state index contributed by atoms with van der Waals surface area (Å²) in [6.07, 6.45) is 5.28. The van der Waals surface area contributed by atoms with Crippen molar-refractivity contribution in [3.05, 3.63) is 60.4 Å². The first-order chi connectivity index (χ1) is 12.7. The highest BCUT2D eigenvalue weighted by Crippen LogP contribution is 2.25. The fraction of sp³-hybridized carbons (Fsp3) is 0.250. The van der Waals surface area contributed by atoms with Crippen LogP contribution in [0, 0.1) is 0 Å². The van der Waals surface area contributed by atoms with Gasteiger partial charge in [-0.25, -0.2) is 9.97 Å². The second-order valence-corrected chi connectivity index (χ2v) is 6.52. The number of rotatable bonds is 3. The second kappa shape index (κ2) is 7.00. The van der Waals surface area contributed by atoms with Crippen molar-refractivity contribution in [1.82, 2.24) is 15.3 Å². The number of benzene rings is 2. The molecule has 2 heterocycles. The highest BCUT2D eigenvalue weighted by Gasteiger charge is 2.24. The zero-order valence-electron chi connectivity index (χ0n) is 14.3. The van der Waals surface area contributed by atoms with E-state index in [-0.39, 0.29) is 17.7 Å². The second-order valence-electron chi connectivity index (χ2n) is 6.52. The quantitative estimate of drug-likeness (QED) is 0.761. The number of nitrogens with one attached hydrogen (secondary N) is 1. The molecule has 6 nitrogen and oxygen atoms in total. The number of fused-ring (bicyclic) bond motifs is 1. The Morgan fingerprint density at radius 2 is 1.85 bits per heavy atom. The van der Waals surface area contributed by atoms with Crippen LogP contribution < -0.4 is 10.2 Å². The van der Waals surface area contributed by atoms with Gasteiger partial charge in [0.2, 0.25) is 5.95 Å². The molecule has 0 aliphatic carbocycles. The highest BCUT2D eigenvalue weighted by atomic mass is 16.3. The Morgan fingerprint density at radius 1 is 1.12 bits per heavy atom. The minimum absolute atomic E-state index is 0.000239. The van der Waals surface area contributed by atoms with Gasteiger partial charge >= 0.3 is 0 Å². The molecule has 1 unspecified atom stereocenters. The molecule has 2 N–H and O–H groups in total. The summed E-state index contributed by atoms with van der Waals surface area (Å²) in [5.41, 5.74) is 0.303. The van der Waals surface area contributed by atoms with E-state index >= 15 is 0 Å². The predicted molar refractivity (Wildman–Crippen MR) is 100 cm³/mol. The van der Waals surface area contributed by atoms with Crippen LogP contribution in [0.2, 0.25) is 0 Å². The molecule has 3 aromatic rings. The maximum atomic E-state index is 12.7. The van der Waals surface area contributed by atoms with Crippen molar-refractivity contribution >= 4 is 22.6 Å². The number of anilines is 1. The summed E-state index contributed by atoms with van der Waals surface area (Å²) in [4.78, 5) is 23.3. The van der Waals surface area contributed by atoms with Crippen molar-refractivity contribution in [3.8, 4) is 5.75 Å². The van der Waals surface area contributed by atoms with Gasteiger partial charge < -0.3 is 15.3 Å². The van der Waals surface area contributed by atoms with Gasteiger partial charge in [0.05, 0.1) is 5.56 Å². The van der Waals surface area contributed by atoms with Gasteiger partial charge in [0, 0.05) is 31.5 Å². The molecule has 1 aromatic heterocycles. The summed E-state index contributed by atoms with van der Waals surface area (Å²) < 4.78 is 0. The number of carbonyl (C=O) groups excluding carboxylic acids is 1. The van der Waals surface area contributed by atoms with Gasteiger partial charge in [-0.15, -0.1) is 0 Å². The summed E-state index contributed by atoms with van der Waals surface area (Å²) in [5, 5.41) is 15.1. The van der Waals surface area contributed by atoms with E-state index < -0.39 is 0 Å². The topological polar surface area (TPSA) is 78.4 Å². The monoisotopic (exact) mass is 348 g/mol. The van der Waals surface area contributed by atoms with E-state index in [4.69, 9.17) is 0 Å². The summed E-state index contributed by atoms with van der Waals surface area (Å²) in [6, 6.07) is 12.8. The zero-order chi connectivity index (χ0) is 17.9. The number of aromatic nitrogens is 2. The van der Waals surface area contributed by atoms with E-state index in [9.17, 15) is 9.90 Å². The summed E-state index contributed by atoms with van der Waals surface area (Å²) in [6.45, 7) is 1.53. The van der Waals surface area contributed by atoms with Crippen LogP contribution in [-0.2, 0) is 0 Å². The third kappa shape index (κ3) is 3.31. The lowest BCUT2D eigenvalue weighted by atomic mass is 10.0. The Morgan fingerprint density at radius 3 is 2.62 bits per heavy atom. The molecule has 1 aliphatic rings. The predicted octanol–water partition coefficient (Wildman–Crippen LogP) is 2.73. The molecular weight excluding hydrogens is 328 g/mol. The molecule has 0 radical (unpaired) electrons. The van der Waals surface area contributed by atoms with Crippen molar-refractivity contribution < 1.29 is 9.90 Å². The fourth-order valence-corrected chi connectivity index (χ4v) is 3.40. The average molecular weight is 348 g/mol. The Kier molecular flexibility index (Phi) is 4.39. The number of amides is 1. The average Bonchev–Trinajstić information content (AvgIpc) is 2.68. The number of nitrogens with zero attached hydrogens (tertiary/aromatic N) is 3. The van der Waals surface area contributed by atoms with Gasteiger partial charge in [-0.2, -0.15) is 0 Å². The van der Waals surface area contributed by atoms with Crippen LogP contribution in [-0.4, -0.2) is 40.1 Å². The first-order valence-electron chi connectivity index (χ1n) is 8.75. The van der Waals surface area contributed by atoms with E-state index in [1.165, 1.54) is 0 Å². The van der Waals surface area contributed by atoms with Crippen molar-refractivity contribution in [3.63, 3.8) is 0 Å². The number of aromatic hydroxyl groups is 1. The Labute approximate surface area is 151 Å². The first-order valence-corrected chi connectivity index (χ1v) is 8.75. The maximum Gasteiger partial charge on any atom is 0.255 e. The maximum absolute atomic E-state index is 12.7. The van der Waals surface area contributed by atoms with Crippen LogP contribution in [0.1, 0.15) is 23.2 Å². The third-order valence-corrected chi connectivity index (χ3v) is 4.70. The minimum atomic E-state index is -0.255. The van der Waals surface area contributed by atoms with Gasteiger partial charge in [0.15, 0.2) is 0 Å². The van der Waals surface area contributed by atoms with Crippen molar-refractivity contribution in [2.45, 2.75) is 18.9 Å². The molecule has 0 saturated carbocycles. The van der Waals surface area contributed by atoms with Gasteiger partial charge in [-0.1, -0.05) is 24.3 Å². The van der Waals surface area contributed by atoms with Crippen LogP contribution in [0.25, 0.3) is 10.8 Å². The van der Waals surface area contributed by atoms with Crippen molar-refractivity contribution in [2.24, 2.45) is 0 Å². The van der Waals surface area contributed by atoms with Crippen LogP contribution in [0.5, 0.6) is 5.75 Å². The van der Waals surface area contributed by atoms with Crippen molar-refractivity contribution in [1.29, 1.82) is 0 Å². The smallest absolute Gasteiger partial charge is 0.255 e. The van der Waals surface area contributed by atoms with E-state index in [0.29, 0.717) is 18.1 Å². The first kappa shape index (κ1) is 16.3. The molecule has 0 bridgehead atoms. The largest absolute Gasteiger partial charge is 0.507 e. The molecule has 0 spiro atoms. The Bertz CT molecular complexity index is 930. The molecule has 2 aromatic carbocycles. The SMILES string of the molecule is O=C(NC1CCCN(c2ncccn2)C1)c1cc2ccccc2cc1O. The highest BCUT2D eigenvalue weighted by molar-refractivity contribution is 6.01. The molecule has 1 atom stereocenters. The number of phenolic OH excluding ortho intramolecular Hbond substituents is 1. The summed E-state index contributed by atoms with van der Waals surface area (Å²) in [5.74, 6) is 0.425. The van der Waals surface area contributed by atoms with Crippen LogP contribution in [0.4, 0.5) is 5.95 Å². The molecule has 132 valence electrons.